The summed E-state index contributed by atoms with van der Waals surface area (Å²) in [6, 6.07) is 23.8. The summed E-state index contributed by atoms with van der Waals surface area (Å²) in [5, 5.41) is 2.42. The van der Waals surface area contributed by atoms with E-state index in [1.807, 2.05) is 0 Å². The van der Waals surface area contributed by atoms with Crippen molar-refractivity contribution < 1.29 is 35.9 Å². The van der Waals surface area contributed by atoms with E-state index >= 15 is 0 Å². The Morgan fingerprint density at radius 3 is 2.15 bits per heavy atom. The Hall–Kier alpha value is -4.55. The van der Waals surface area contributed by atoms with Crippen LogP contribution in [0.25, 0.3) is 0 Å². The number of nitrogens with zero attached hydrogens (tertiary/aromatic N) is 2. The van der Waals surface area contributed by atoms with Gasteiger partial charge in [-0.1, -0.05) is 72.3 Å². The molecule has 0 fully saturated rings. The molecule has 0 saturated carbocycles. The van der Waals surface area contributed by atoms with Gasteiger partial charge in [-0.3, -0.25) is 13.9 Å². The molecule has 248 valence electrons. The van der Waals surface area contributed by atoms with E-state index in [0.29, 0.717) is 21.7 Å². The predicted octanol–water partition coefficient (Wildman–Crippen LogP) is 6.34. The van der Waals surface area contributed by atoms with Crippen LogP contribution < -0.4 is 14.4 Å². The zero-order valence-electron chi connectivity index (χ0n) is 25.6. The van der Waals surface area contributed by atoms with E-state index in [1.165, 1.54) is 36.3 Å². The van der Waals surface area contributed by atoms with Gasteiger partial charge in [0.15, 0.2) is 0 Å². The predicted molar refractivity (Wildman–Crippen MR) is 174 cm³/mol. The molecular weight excluding hydrogens is 655 g/mol. The van der Waals surface area contributed by atoms with Crippen molar-refractivity contribution in [1.29, 1.82) is 0 Å². The van der Waals surface area contributed by atoms with Gasteiger partial charge >= 0.3 is 6.18 Å². The van der Waals surface area contributed by atoms with Crippen LogP contribution in [0.4, 0.5) is 18.9 Å². The Bertz CT molecular complexity index is 1790. The zero-order chi connectivity index (χ0) is 34.2. The van der Waals surface area contributed by atoms with Crippen molar-refractivity contribution in [3.05, 3.63) is 125 Å². The average Bonchev–Trinajstić information content (AvgIpc) is 3.06. The van der Waals surface area contributed by atoms with E-state index in [0.717, 1.165) is 17.7 Å². The largest absolute Gasteiger partial charge is 0.497 e. The molecule has 0 aromatic heterocycles. The van der Waals surface area contributed by atoms with Crippen LogP contribution in [0.3, 0.4) is 0 Å². The van der Waals surface area contributed by atoms with Gasteiger partial charge in [-0.15, -0.1) is 0 Å². The number of ether oxygens (including phenoxy) is 1. The van der Waals surface area contributed by atoms with E-state index in [9.17, 15) is 31.2 Å². The standard InChI is InChI=1S/C34H33ClF3N3O5S/c1-3-39-33(43)31(20-24-11-6-4-7-12-24)40(22-25-13-10-14-27(19-25)46-2)32(42)23-41(47(44,45)28-15-8-5-9-16-28)30-21-26(34(36,37)38)17-18-29(30)35/h4-19,21,31H,3,20,22-23H2,1-2H3,(H,39,43). The van der Waals surface area contributed by atoms with Gasteiger partial charge in [0.2, 0.25) is 11.8 Å². The summed E-state index contributed by atoms with van der Waals surface area (Å²) >= 11 is 6.35. The third-order valence-electron chi connectivity index (χ3n) is 7.26. The van der Waals surface area contributed by atoms with Crippen LogP contribution in [0.15, 0.2) is 108 Å². The Balaban J connectivity index is 1.87. The number of alkyl halides is 3. The molecule has 1 N–H and O–H groups in total. The van der Waals surface area contributed by atoms with Crippen molar-refractivity contribution in [3.63, 3.8) is 0 Å². The van der Waals surface area contributed by atoms with Crippen molar-refractivity contribution in [1.82, 2.24) is 10.2 Å². The molecule has 13 heteroatoms. The molecule has 4 aromatic rings. The monoisotopic (exact) mass is 687 g/mol. The normalized spacial score (nSPS) is 12.2. The van der Waals surface area contributed by atoms with Gasteiger partial charge in [-0.25, -0.2) is 8.42 Å². The third kappa shape index (κ3) is 8.83. The molecular formula is C34H33ClF3N3O5S. The van der Waals surface area contributed by atoms with Crippen molar-refractivity contribution in [3.8, 4) is 5.75 Å². The number of anilines is 1. The first-order valence-corrected chi connectivity index (χ1v) is 16.4. The SMILES string of the molecule is CCNC(=O)C(Cc1ccccc1)N(Cc1cccc(OC)c1)C(=O)CN(c1cc(C(F)(F)F)ccc1Cl)S(=O)(=O)c1ccccc1. The summed E-state index contributed by atoms with van der Waals surface area (Å²) in [7, 11) is -3.18. The van der Waals surface area contributed by atoms with Crippen molar-refractivity contribution in [2.75, 3.05) is 24.5 Å². The maximum Gasteiger partial charge on any atom is 0.416 e. The van der Waals surface area contributed by atoms with Crippen LogP contribution in [-0.2, 0) is 38.8 Å². The molecule has 0 heterocycles. The lowest BCUT2D eigenvalue weighted by atomic mass is 10.0. The smallest absolute Gasteiger partial charge is 0.416 e. The molecule has 0 aliphatic heterocycles. The highest BCUT2D eigenvalue weighted by Crippen LogP contribution is 2.37. The van der Waals surface area contributed by atoms with Gasteiger partial charge in [-0.2, -0.15) is 13.2 Å². The number of hydrogen-bond acceptors (Lipinski definition) is 5. The fourth-order valence-corrected chi connectivity index (χ4v) is 6.64. The van der Waals surface area contributed by atoms with Gasteiger partial charge < -0.3 is 15.0 Å². The van der Waals surface area contributed by atoms with Crippen LogP contribution in [0.5, 0.6) is 5.75 Å². The summed E-state index contributed by atoms with van der Waals surface area (Å²) in [4.78, 5) is 29.0. The summed E-state index contributed by atoms with van der Waals surface area (Å²) < 4.78 is 75.4. The lowest BCUT2D eigenvalue weighted by Crippen LogP contribution is -2.53. The highest BCUT2D eigenvalue weighted by molar-refractivity contribution is 7.92. The molecule has 2 amide bonds. The van der Waals surface area contributed by atoms with Crippen LogP contribution in [0.2, 0.25) is 5.02 Å². The molecule has 0 bridgehead atoms. The molecule has 1 unspecified atom stereocenters. The van der Waals surface area contributed by atoms with E-state index in [4.69, 9.17) is 16.3 Å². The summed E-state index contributed by atoms with van der Waals surface area (Å²) in [5.74, 6) is -0.869. The number of nitrogens with one attached hydrogen (secondary N) is 1. The molecule has 4 aromatic carbocycles. The molecule has 47 heavy (non-hydrogen) atoms. The Morgan fingerprint density at radius 1 is 0.894 bits per heavy atom. The minimum absolute atomic E-state index is 0.0676. The summed E-state index contributed by atoms with van der Waals surface area (Å²) in [6.45, 7) is 0.850. The highest BCUT2D eigenvalue weighted by atomic mass is 35.5. The Kier molecular flexibility index (Phi) is 11.5. The van der Waals surface area contributed by atoms with Crippen molar-refractivity contribution >= 4 is 39.1 Å². The molecule has 1 atom stereocenters. The Labute approximate surface area is 276 Å². The second kappa shape index (κ2) is 15.4. The minimum atomic E-state index is -4.83. The summed E-state index contributed by atoms with van der Waals surface area (Å²) in [5.41, 5.74) is -0.413. The Morgan fingerprint density at radius 2 is 1.53 bits per heavy atom. The number of sulfonamides is 1. The first-order valence-electron chi connectivity index (χ1n) is 14.5. The quantitative estimate of drug-likeness (QED) is 0.177. The third-order valence-corrected chi connectivity index (χ3v) is 9.35. The molecule has 0 aliphatic rings. The van der Waals surface area contributed by atoms with Gasteiger partial charge in [0.05, 0.1) is 28.3 Å². The van der Waals surface area contributed by atoms with Crippen LogP contribution in [0.1, 0.15) is 23.6 Å². The highest BCUT2D eigenvalue weighted by Gasteiger charge is 2.37. The van der Waals surface area contributed by atoms with Gasteiger partial charge in [0, 0.05) is 19.5 Å². The van der Waals surface area contributed by atoms with Crippen molar-refractivity contribution in [2.24, 2.45) is 0 Å². The number of carbonyl (C=O) groups is 2. The zero-order valence-corrected chi connectivity index (χ0v) is 27.1. The second-order valence-corrected chi connectivity index (χ2v) is 12.7. The van der Waals surface area contributed by atoms with Crippen LogP contribution in [-0.4, -0.2) is 51.4 Å². The maximum atomic E-state index is 14.4. The van der Waals surface area contributed by atoms with E-state index < -0.39 is 51.9 Å². The molecule has 0 aliphatic carbocycles. The van der Waals surface area contributed by atoms with E-state index in [1.54, 1.807) is 67.6 Å². The van der Waals surface area contributed by atoms with Gasteiger partial charge in [0.1, 0.15) is 18.3 Å². The molecule has 8 nitrogen and oxygen atoms in total. The number of hydrogen-bond donors (Lipinski definition) is 1. The molecule has 0 radical (unpaired) electrons. The first-order chi connectivity index (χ1) is 22.3. The summed E-state index contributed by atoms with van der Waals surface area (Å²) in [6.07, 6.45) is -4.76. The topological polar surface area (TPSA) is 96.0 Å². The molecule has 0 spiro atoms. The van der Waals surface area contributed by atoms with E-state index in [-0.39, 0.29) is 29.4 Å². The number of carbonyl (C=O) groups excluding carboxylic acids is 2. The fraction of sp³-hybridized carbons (Fsp3) is 0.235. The molecule has 4 rings (SSSR count). The van der Waals surface area contributed by atoms with Crippen LogP contribution in [0, 0.1) is 0 Å². The number of likely N-dealkylation sites (N-methyl/N-ethyl adjacent to an activating group) is 1. The van der Waals surface area contributed by atoms with Gasteiger partial charge in [0.25, 0.3) is 10.0 Å². The number of halogens is 4. The lowest BCUT2D eigenvalue weighted by molar-refractivity contribution is -0.140. The minimum Gasteiger partial charge on any atom is -0.497 e. The number of benzene rings is 4. The van der Waals surface area contributed by atoms with Crippen LogP contribution >= 0.6 is 11.6 Å². The number of rotatable bonds is 13. The average molecular weight is 688 g/mol. The molecule has 0 saturated heterocycles. The van der Waals surface area contributed by atoms with Crippen molar-refractivity contribution in [2.45, 2.75) is 37.0 Å². The maximum absolute atomic E-state index is 14.4. The first kappa shape index (κ1) is 35.3. The van der Waals surface area contributed by atoms with Gasteiger partial charge in [-0.05, 0) is 60.5 Å². The second-order valence-electron chi connectivity index (χ2n) is 10.5. The number of methoxy groups -OCH3 is 1. The van der Waals surface area contributed by atoms with E-state index in [2.05, 4.69) is 5.32 Å². The number of amides is 2. The fourth-order valence-electron chi connectivity index (χ4n) is 4.93. The lowest BCUT2D eigenvalue weighted by Gasteiger charge is -2.34.